The van der Waals surface area contributed by atoms with E-state index >= 15 is 0 Å². The fourth-order valence-electron chi connectivity index (χ4n) is 6.94. The highest BCUT2D eigenvalue weighted by Crippen LogP contribution is 2.42. The van der Waals surface area contributed by atoms with Gasteiger partial charge in [-0.05, 0) is 65.8 Å². The average Bonchev–Trinajstić information content (AvgIpc) is 3.05. The fraction of sp³-hybridized carbons (Fsp3) is 0.556. The molecule has 0 bridgehead atoms. The number of piperidine rings is 1. The summed E-state index contributed by atoms with van der Waals surface area (Å²) in [6.45, 7) is 12.4. The van der Waals surface area contributed by atoms with Crippen LogP contribution in [0, 0.1) is 5.82 Å². The number of carbonyl (C=O) groups is 2. The molecule has 12 nitrogen and oxygen atoms in total. The van der Waals surface area contributed by atoms with Crippen molar-refractivity contribution in [3.63, 3.8) is 0 Å². The van der Waals surface area contributed by atoms with E-state index in [1.165, 1.54) is 11.0 Å². The number of pyridine rings is 1. The number of nitrogens with zero attached hydrogens (tertiary/aromatic N) is 7. The smallest absolute Gasteiger partial charge is 0.410 e. The summed E-state index contributed by atoms with van der Waals surface area (Å²) in [6.07, 6.45) is 2.07. The fourth-order valence-corrected chi connectivity index (χ4v) is 7.13. The van der Waals surface area contributed by atoms with Gasteiger partial charge in [0.15, 0.2) is 11.0 Å². The van der Waals surface area contributed by atoms with Gasteiger partial charge in [-0.2, -0.15) is 4.98 Å². The van der Waals surface area contributed by atoms with Crippen LogP contribution in [0.15, 0.2) is 30.5 Å². The summed E-state index contributed by atoms with van der Waals surface area (Å²) < 4.78 is 59.9. The number of halogens is 4. The Morgan fingerprint density at radius 3 is 2.42 bits per heavy atom. The van der Waals surface area contributed by atoms with Crippen LogP contribution < -0.4 is 14.4 Å². The lowest BCUT2D eigenvalue weighted by molar-refractivity contribution is -0.120. The molecular formula is C36H43ClF3N7O5. The maximum atomic E-state index is 14.4. The minimum atomic E-state index is -2.85. The molecule has 2 aromatic heterocycles. The average molecular weight is 746 g/mol. The van der Waals surface area contributed by atoms with Gasteiger partial charge >= 0.3 is 12.1 Å². The Balaban J connectivity index is 1.13. The Bertz CT molecular complexity index is 1810. The topological polar surface area (TPSA) is 123 Å². The van der Waals surface area contributed by atoms with E-state index in [-0.39, 0.29) is 40.7 Å². The zero-order valence-corrected chi connectivity index (χ0v) is 30.8. The third-order valence-electron chi connectivity index (χ3n) is 9.41. The first-order valence-electron chi connectivity index (χ1n) is 17.5. The van der Waals surface area contributed by atoms with Crippen LogP contribution in [0.2, 0.25) is 5.15 Å². The van der Waals surface area contributed by atoms with Crippen molar-refractivity contribution in [3.05, 3.63) is 58.3 Å². The van der Waals surface area contributed by atoms with Crippen LogP contribution in [0.4, 0.5) is 23.8 Å². The van der Waals surface area contributed by atoms with E-state index in [0.717, 1.165) is 23.4 Å². The van der Waals surface area contributed by atoms with Gasteiger partial charge in [-0.15, -0.1) is 5.10 Å². The highest BCUT2D eigenvalue weighted by molar-refractivity contribution is 6.31. The van der Waals surface area contributed by atoms with Gasteiger partial charge in [0.2, 0.25) is 0 Å². The number of carbonyl (C=O) groups excluding carboxylic acids is 2. The molecule has 3 aromatic rings. The minimum absolute atomic E-state index is 0.0401. The molecule has 2 aliphatic heterocycles. The molecule has 3 aliphatic rings. The summed E-state index contributed by atoms with van der Waals surface area (Å²) >= 11 is 6.45. The number of rotatable bonds is 8. The van der Waals surface area contributed by atoms with Crippen molar-refractivity contribution in [2.75, 3.05) is 24.5 Å². The highest BCUT2D eigenvalue weighted by atomic mass is 35.5. The molecule has 1 saturated heterocycles. The van der Waals surface area contributed by atoms with Crippen LogP contribution in [0.25, 0.3) is 0 Å². The van der Waals surface area contributed by atoms with Crippen LogP contribution in [-0.4, -0.2) is 91.3 Å². The molecule has 280 valence electrons. The SMILES string of the molecule is CC1c2c(OC3CCN(c4nc(Oc5ccc(F)cc5C(=O)N(C(C)C)C5CC(F)(F)C5)nnc4Cl)CC3)ccnc2CCN1C(=O)OC(C)(C)C. The second kappa shape index (κ2) is 14.6. The molecule has 0 N–H and O–H groups in total. The van der Waals surface area contributed by atoms with E-state index in [1.807, 2.05) is 38.7 Å². The van der Waals surface area contributed by atoms with Gasteiger partial charge in [0.1, 0.15) is 29.0 Å². The van der Waals surface area contributed by atoms with E-state index in [4.69, 9.17) is 25.8 Å². The summed E-state index contributed by atoms with van der Waals surface area (Å²) in [7, 11) is 0. The standard InChI is InChI=1S/C36H43ClF3N7O5/c1-20(2)47(23-18-36(39,40)19-23)32(48)25-17-22(38)7-8-27(25)51-33-42-31(30(37)43-44-33)45-14-10-24(11-15-45)50-28-9-13-41-26-12-16-46(21(3)29(26)28)34(49)52-35(4,5)6/h7-9,13,17,20-21,23-24H,10-12,14-16,18-19H2,1-6H3. The van der Waals surface area contributed by atoms with Gasteiger partial charge in [-0.25, -0.2) is 18.0 Å². The van der Waals surface area contributed by atoms with Gasteiger partial charge in [-0.1, -0.05) is 16.7 Å². The maximum Gasteiger partial charge on any atom is 0.410 e. The van der Waals surface area contributed by atoms with E-state index in [0.29, 0.717) is 50.5 Å². The zero-order valence-electron chi connectivity index (χ0n) is 30.0. The highest BCUT2D eigenvalue weighted by Gasteiger charge is 2.50. The van der Waals surface area contributed by atoms with Crippen molar-refractivity contribution in [2.45, 2.75) is 109 Å². The quantitative estimate of drug-likeness (QED) is 0.231. The molecule has 2 fully saturated rings. The van der Waals surface area contributed by atoms with Crippen molar-refractivity contribution in [1.82, 2.24) is 30.0 Å². The molecule has 16 heteroatoms. The maximum absolute atomic E-state index is 14.4. The summed E-state index contributed by atoms with van der Waals surface area (Å²) in [6, 6.07) is 3.59. The van der Waals surface area contributed by atoms with Crippen LogP contribution in [0.5, 0.6) is 17.5 Å². The van der Waals surface area contributed by atoms with Crippen molar-refractivity contribution < 1.29 is 37.0 Å². The molecule has 1 unspecified atom stereocenters. The lowest BCUT2D eigenvalue weighted by Crippen LogP contribution is -2.55. The van der Waals surface area contributed by atoms with Gasteiger partial charge in [-0.3, -0.25) is 9.78 Å². The molecule has 1 aliphatic carbocycles. The Morgan fingerprint density at radius 1 is 1.06 bits per heavy atom. The zero-order chi connectivity index (χ0) is 37.5. The Labute approximate surface area is 305 Å². The predicted octanol–water partition coefficient (Wildman–Crippen LogP) is 7.40. The first-order valence-corrected chi connectivity index (χ1v) is 17.8. The number of ether oxygens (including phenoxy) is 3. The molecule has 1 saturated carbocycles. The molecule has 1 aromatic carbocycles. The van der Waals surface area contributed by atoms with Crippen LogP contribution in [-0.2, 0) is 11.2 Å². The van der Waals surface area contributed by atoms with E-state index < -0.39 is 48.2 Å². The Hall–Kier alpha value is -4.40. The van der Waals surface area contributed by atoms with Crippen molar-refractivity contribution in [3.8, 4) is 17.5 Å². The third-order valence-corrected chi connectivity index (χ3v) is 9.65. The number of anilines is 1. The Kier molecular flexibility index (Phi) is 10.5. The normalized spacial score (nSPS) is 19.2. The van der Waals surface area contributed by atoms with Crippen LogP contribution in [0.1, 0.15) is 94.9 Å². The van der Waals surface area contributed by atoms with E-state index in [1.54, 1.807) is 24.9 Å². The first-order chi connectivity index (χ1) is 24.5. The predicted molar refractivity (Wildman–Crippen MR) is 186 cm³/mol. The number of aromatic nitrogens is 4. The van der Waals surface area contributed by atoms with E-state index in [2.05, 4.69) is 20.2 Å². The number of amides is 2. The number of hydrogen-bond donors (Lipinski definition) is 0. The Morgan fingerprint density at radius 2 is 1.77 bits per heavy atom. The summed E-state index contributed by atoms with van der Waals surface area (Å²) in [4.78, 5) is 40.6. The number of fused-ring (bicyclic) bond motifs is 1. The minimum Gasteiger partial charge on any atom is -0.490 e. The number of hydrogen-bond acceptors (Lipinski definition) is 10. The molecule has 0 spiro atoms. The van der Waals surface area contributed by atoms with Crippen LogP contribution in [0.3, 0.4) is 0 Å². The monoisotopic (exact) mass is 745 g/mol. The van der Waals surface area contributed by atoms with Crippen molar-refractivity contribution in [2.24, 2.45) is 0 Å². The van der Waals surface area contributed by atoms with Gasteiger partial charge < -0.3 is 28.9 Å². The lowest BCUT2D eigenvalue weighted by atomic mass is 9.85. The van der Waals surface area contributed by atoms with Crippen molar-refractivity contribution >= 4 is 29.4 Å². The summed E-state index contributed by atoms with van der Waals surface area (Å²) in [5.74, 6) is -3.25. The van der Waals surface area contributed by atoms with E-state index in [9.17, 15) is 22.8 Å². The second-order valence-electron chi connectivity index (χ2n) is 14.7. The molecule has 4 heterocycles. The first kappa shape index (κ1) is 37.4. The van der Waals surface area contributed by atoms with Gasteiger partial charge in [0.25, 0.3) is 11.8 Å². The van der Waals surface area contributed by atoms with Gasteiger partial charge in [0.05, 0.1) is 17.3 Å². The molecule has 6 rings (SSSR count). The lowest BCUT2D eigenvalue weighted by Gasteiger charge is -2.44. The number of benzene rings is 1. The second-order valence-corrected chi connectivity index (χ2v) is 15.1. The van der Waals surface area contributed by atoms with Crippen LogP contribution >= 0.6 is 11.6 Å². The molecular weight excluding hydrogens is 703 g/mol. The van der Waals surface area contributed by atoms with Crippen molar-refractivity contribution in [1.29, 1.82) is 0 Å². The third kappa shape index (κ3) is 8.13. The number of alkyl halides is 2. The molecule has 2 amide bonds. The van der Waals surface area contributed by atoms with Gasteiger partial charge in [0, 0.05) is 75.6 Å². The largest absolute Gasteiger partial charge is 0.490 e. The summed E-state index contributed by atoms with van der Waals surface area (Å²) in [5.41, 5.74) is 0.990. The molecule has 0 radical (unpaired) electrons. The summed E-state index contributed by atoms with van der Waals surface area (Å²) in [5, 5.41) is 7.99. The molecule has 52 heavy (non-hydrogen) atoms. The molecule has 1 atom stereocenters.